The van der Waals surface area contributed by atoms with E-state index in [0.717, 1.165) is 49.7 Å². The molecule has 0 spiro atoms. The van der Waals surface area contributed by atoms with E-state index in [1.165, 1.54) is 0 Å². The quantitative estimate of drug-likeness (QED) is 0.888. The first-order valence-corrected chi connectivity index (χ1v) is 7.07. The second kappa shape index (κ2) is 7.00. The molecule has 6 heteroatoms. The Morgan fingerprint density at radius 3 is 2.86 bits per heavy atom. The van der Waals surface area contributed by atoms with E-state index >= 15 is 0 Å². The summed E-state index contributed by atoms with van der Waals surface area (Å²) in [5.41, 5.74) is 1.06. The summed E-state index contributed by atoms with van der Waals surface area (Å²) in [6, 6.07) is 5.77. The van der Waals surface area contributed by atoms with Crippen LogP contribution in [0.3, 0.4) is 0 Å². The number of carbonyl (C=O) groups is 1. The lowest BCUT2D eigenvalue weighted by molar-refractivity contribution is -0.137. The third-order valence-corrected chi connectivity index (χ3v) is 3.95. The Labute approximate surface area is 131 Å². The molecule has 5 nitrogen and oxygen atoms in total. The zero-order chi connectivity index (χ0) is 13.9. The van der Waals surface area contributed by atoms with E-state index in [1.54, 1.807) is 7.11 Å². The number of hydrogen-bond donors (Lipinski definition) is 1. The van der Waals surface area contributed by atoms with Crippen LogP contribution in [0.1, 0.15) is 5.56 Å². The zero-order valence-electron chi connectivity index (χ0n) is 12.1. The Morgan fingerprint density at radius 2 is 2.14 bits per heavy atom. The minimum atomic E-state index is -0.0762. The van der Waals surface area contributed by atoms with Crippen molar-refractivity contribution in [3.05, 3.63) is 23.8 Å². The molecule has 116 valence electrons. The van der Waals surface area contributed by atoms with Crippen LogP contribution < -0.4 is 14.8 Å². The monoisotopic (exact) mass is 312 g/mol. The van der Waals surface area contributed by atoms with E-state index in [0.29, 0.717) is 6.61 Å². The molecule has 21 heavy (non-hydrogen) atoms. The number of halogens is 1. The fourth-order valence-electron chi connectivity index (χ4n) is 2.80. The summed E-state index contributed by atoms with van der Waals surface area (Å²) >= 11 is 0. The number of ether oxygens (including phenoxy) is 2. The van der Waals surface area contributed by atoms with Crippen LogP contribution in [0.4, 0.5) is 0 Å². The van der Waals surface area contributed by atoms with Crippen LogP contribution in [-0.2, 0) is 11.2 Å². The highest BCUT2D eigenvalue weighted by Gasteiger charge is 2.30. The molecule has 1 amide bonds. The lowest BCUT2D eigenvalue weighted by atomic mass is 9.95. The number of fused-ring (bicyclic) bond motifs is 1. The van der Waals surface area contributed by atoms with Gasteiger partial charge in [-0.1, -0.05) is 0 Å². The highest BCUT2D eigenvalue weighted by molar-refractivity contribution is 5.85. The van der Waals surface area contributed by atoms with Crippen molar-refractivity contribution < 1.29 is 14.3 Å². The van der Waals surface area contributed by atoms with Gasteiger partial charge in [0.05, 0.1) is 13.0 Å². The van der Waals surface area contributed by atoms with Crippen molar-refractivity contribution >= 4 is 18.3 Å². The molecule has 1 aromatic rings. The second-order valence-electron chi connectivity index (χ2n) is 5.26. The van der Waals surface area contributed by atoms with E-state index in [2.05, 4.69) is 5.32 Å². The third-order valence-electron chi connectivity index (χ3n) is 3.95. The second-order valence-corrected chi connectivity index (χ2v) is 5.26. The van der Waals surface area contributed by atoms with Gasteiger partial charge >= 0.3 is 0 Å². The van der Waals surface area contributed by atoms with Gasteiger partial charge in [0.25, 0.3) is 0 Å². The van der Waals surface area contributed by atoms with E-state index in [9.17, 15) is 4.79 Å². The maximum absolute atomic E-state index is 12.5. The Kier molecular flexibility index (Phi) is 5.31. The van der Waals surface area contributed by atoms with Gasteiger partial charge in [-0.2, -0.15) is 0 Å². The van der Waals surface area contributed by atoms with Crippen LogP contribution in [0.2, 0.25) is 0 Å². The minimum absolute atomic E-state index is 0. The van der Waals surface area contributed by atoms with Crippen molar-refractivity contribution in [2.75, 3.05) is 39.9 Å². The molecule has 1 fully saturated rings. The molecular formula is C15H21ClN2O3. The van der Waals surface area contributed by atoms with Gasteiger partial charge in [-0.05, 0) is 30.2 Å². The standard InChI is InChI=1S/C15H20N2O3.ClH/c1-19-13-2-3-14-11(9-13)8-12(10-20-14)15(18)17-6-4-16-5-7-17;/h2-3,9,12,16H,4-8,10H2,1H3;1H. The predicted molar refractivity (Wildman–Crippen MR) is 82.4 cm³/mol. The van der Waals surface area contributed by atoms with Crippen LogP contribution in [0.25, 0.3) is 0 Å². The average Bonchev–Trinajstić information content (AvgIpc) is 2.54. The molecule has 1 atom stereocenters. The Balaban J connectivity index is 0.00000161. The van der Waals surface area contributed by atoms with E-state index in [-0.39, 0.29) is 24.2 Å². The van der Waals surface area contributed by atoms with Crippen molar-refractivity contribution in [1.82, 2.24) is 10.2 Å². The summed E-state index contributed by atoms with van der Waals surface area (Å²) in [4.78, 5) is 14.4. The number of methoxy groups -OCH3 is 1. The maximum atomic E-state index is 12.5. The summed E-state index contributed by atoms with van der Waals surface area (Å²) in [6.07, 6.45) is 0.731. The number of amides is 1. The third kappa shape index (κ3) is 3.41. The van der Waals surface area contributed by atoms with Crippen LogP contribution in [0.5, 0.6) is 11.5 Å². The molecule has 1 aromatic carbocycles. The van der Waals surface area contributed by atoms with Crippen molar-refractivity contribution in [3.63, 3.8) is 0 Å². The molecule has 1 saturated heterocycles. The van der Waals surface area contributed by atoms with E-state index in [1.807, 2.05) is 23.1 Å². The van der Waals surface area contributed by atoms with Gasteiger partial charge in [0.2, 0.25) is 5.91 Å². The van der Waals surface area contributed by atoms with E-state index < -0.39 is 0 Å². The number of nitrogens with one attached hydrogen (secondary N) is 1. The SMILES string of the molecule is COc1ccc2c(c1)CC(C(=O)N1CCNCC1)CO2.Cl. The first-order chi connectivity index (χ1) is 9.78. The molecule has 2 aliphatic heterocycles. The number of benzene rings is 1. The summed E-state index contributed by atoms with van der Waals surface area (Å²) in [6.45, 7) is 3.82. The summed E-state index contributed by atoms with van der Waals surface area (Å²) in [7, 11) is 1.65. The summed E-state index contributed by atoms with van der Waals surface area (Å²) < 4.78 is 11.0. The molecule has 1 unspecified atom stereocenters. The average molecular weight is 313 g/mol. The lowest BCUT2D eigenvalue weighted by Gasteiger charge is -2.33. The molecule has 0 radical (unpaired) electrons. The number of nitrogens with zero attached hydrogens (tertiary/aromatic N) is 1. The molecule has 0 aromatic heterocycles. The van der Waals surface area contributed by atoms with Crippen LogP contribution >= 0.6 is 12.4 Å². The Hall–Kier alpha value is -1.46. The molecule has 2 aliphatic rings. The van der Waals surface area contributed by atoms with Gasteiger partial charge in [-0.25, -0.2) is 0 Å². The van der Waals surface area contributed by atoms with Crippen LogP contribution in [0, 0.1) is 5.92 Å². The first-order valence-electron chi connectivity index (χ1n) is 7.07. The molecular weight excluding hydrogens is 292 g/mol. The number of carbonyl (C=O) groups excluding carboxylic acids is 1. The van der Waals surface area contributed by atoms with Gasteiger partial charge in [0.15, 0.2) is 0 Å². The van der Waals surface area contributed by atoms with Crippen molar-refractivity contribution in [2.24, 2.45) is 5.92 Å². The van der Waals surface area contributed by atoms with Crippen molar-refractivity contribution in [2.45, 2.75) is 6.42 Å². The largest absolute Gasteiger partial charge is 0.497 e. The predicted octanol–water partition coefficient (Wildman–Crippen LogP) is 1.10. The van der Waals surface area contributed by atoms with E-state index in [4.69, 9.17) is 9.47 Å². The maximum Gasteiger partial charge on any atom is 0.229 e. The van der Waals surface area contributed by atoms with Crippen LogP contribution in [0.15, 0.2) is 18.2 Å². The topological polar surface area (TPSA) is 50.8 Å². The van der Waals surface area contributed by atoms with Crippen LogP contribution in [-0.4, -0.2) is 50.7 Å². The van der Waals surface area contributed by atoms with Gasteiger partial charge < -0.3 is 19.7 Å². The normalized spacial score (nSPS) is 20.8. The summed E-state index contributed by atoms with van der Waals surface area (Å²) in [5.74, 6) is 1.81. The highest BCUT2D eigenvalue weighted by Crippen LogP contribution is 2.31. The summed E-state index contributed by atoms with van der Waals surface area (Å²) in [5, 5.41) is 3.26. The van der Waals surface area contributed by atoms with Crippen molar-refractivity contribution in [3.8, 4) is 11.5 Å². The molecule has 2 heterocycles. The fourth-order valence-corrected chi connectivity index (χ4v) is 2.80. The van der Waals surface area contributed by atoms with Gasteiger partial charge in [-0.15, -0.1) is 12.4 Å². The number of piperazine rings is 1. The molecule has 0 aliphatic carbocycles. The highest BCUT2D eigenvalue weighted by atomic mass is 35.5. The lowest BCUT2D eigenvalue weighted by Crippen LogP contribution is -2.50. The Bertz CT molecular complexity index is 504. The fraction of sp³-hybridized carbons (Fsp3) is 0.533. The number of hydrogen-bond acceptors (Lipinski definition) is 4. The molecule has 0 saturated carbocycles. The molecule has 1 N–H and O–H groups in total. The van der Waals surface area contributed by atoms with Crippen molar-refractivity contribution in [1.29, 1.82) is 0 Å². The molecule has 3 rings (SSSR count). The van der Waals surface area contributed by atoms with Gasteiger partial charge in [-0.3, -0.25) is 4.79 Å². The van der Waals surface area contributed by atoms with Gasteiger partial charge in [0, 0.05) is 26.2 Å². The number of rotatable bonds is 2. The Morgan fingerprint density at radius 1 is 1.38 bits per heavy atom. The minimum Gasteiger partial charge on any atom is -0.497 e. The first kappa shape index (κ1) is 15.9. The van der Waals surface area contributed by atoms with Gasteiger partial charge in [0.1, 0.15) is 18.1 Å². The zero-order valence-corrected chi connectivity index (χ0v) is 12.9. The smallest absolute Gasteiger partial charge is 0.229 e. The molecule has 0 bridgehead atoms.